The van der Waals surface area contributed by atoms with E-state index >= 15 is 0 Å². The van der Waals surface area contributed by atoms with Crippen LogP contribution in [0, 0.1) is 11.8 Å². The number of rotatable bonds is 8. The highest BCUT2D eigenvalue weighted by Gasteiger charge is 2.20. The number of carboxylic acid groups (broad SMARTS) is 1. The first-order valence-corrected chi connectivity index (χ1v) is 7.36. The number of anilines is 1. The predicted octanol–water partition coefficient (Wildman–Crippen LogP) is 1.06. The summed E-state index contributed by atoms with van der Waals surface area (Å²) < 4.78 is 4.90. The number of primary amides is 1. The van der Waals surface area contributed by atoms with E-state index in [-0.39, 0.29) is 29.6 Å². The van der Waals surface area contributed by atoms with Crippen molar-refractivity contribution in [1.82, 2.24) is 10.3 Å². The van der Waals surface area contributed by atoms with Gasteiger partial charge in [0.25, 0.3) is 5.91 Å². The maximum absolute atomic E-state index is 11.9. The number of pyridine rings is 1. The van der Waals surface area contributed by atoms with Crippen molar-refractivity contribution in [3.63, 3.8) is 0 Å². The van der Waals surface area contributed by atoms with Gasteiger partial charge in [-0.25, -0.2) is 9.78 Å². The summed E-state index contributed by atoms with van der Waals surface area (Å²) in [5.74, 6) is -2.14. The van der Waals surface area contributed by atoms with Gasteiger partial charge in [0.1, 0.15) is 5.56 Å². The van der Waals surface area contributed by atoms with Crippen LogP contribution in [0.4, 0.5) is 10.5 Å². The van der Waals surface area contributed by atoms with Crippen molar-refractivity contribution >= 4 is 23.6 Å². The average molecular weight is 338 g/mol. The number of hydrogen-bond donors (Lipinski definition) is 4. The van der Waals surface area contributed by atoms with Crippen molar-refractivity contribution in [2.24, 2.45) is 17.6 Å². The van der Waals surface area contributed by atoms with Crippen molar-refractivity contribution in [1.29, 1.82) is 0 Å². The number of aromatic nitrogens is 1. The Balaban J connectivity index is 2.69. The van der Waals surface area contributed by atoms with Gasteiger partial charge in [0.05, 0.1) is 24.9 Å². The van der Waals surface area contributed by atoms with Crippen molar-refractivity contribution < 1.29 is 24.2 Å². The number of urea groups is 1. The second kappa shape index (κ2) is 8.70. The molecule has 1 aromatic rings. The molecule has 132 valence electrons. The van der Waals surface area contributed by atoms with E-state index < -0.39 is 23.8 Å². The third kappa shape index (κ3) is 5.75. The molecule has 9 nitrogen and oxygen atoms in total. The number of aliphatic carboxylic acids is 1. The molecule has 1 unspecified atom stereocenters. The minimum atomic E-state index is -0.967. The van der Waals surface area contributed by atoms with Crippen LogP contribution in [-0.2, 0) is 4.79 Å². The fraction of sp³-hybridized carbons (Fsp3) is 0.467. The standard InChI is InChI=1S/C15H22N4O5/c1-8(2)4-9(14(21)22)6-18-15(23)19-10-5-11(12(16)20)13(24-3)17-7-10/h5,7-9H,4,6H2,1-3H3,(H2,16,20)(H,21,22)(H2,18,19,23). The number of carbonyl (C=O) groups is 3. The van der Waals surface area contributed by atoms with Crippen LogP contribution in [0.2, 0.25) is 0 Å². The molecule has 9 heteroatoms. The van der Waals surface area contributed by atoms with E-state index in [1.807, 2.05) is 13.8 Å². The second-order valence-corrected chi connectivity index (χ2v) is 5.64. The molecule has 0 radical (unpaired) electrons. The van der Waals surface area contributed by atoms with Crippen LogP contribution in [0.1, 0.15) is 30.6 Å². The van der Waals surface area contributed by atoms with Gasteiger partial charge in [0.15, 0.2) is 0 Å². The highest BCUT2D eigenvalue weighted by molar-refractivity contribution is 5.97. The van der Waals surface area contributed by atoms with Gasteiger partial charge >= 0.3 is 12.0 Å². The molecule has 1 atom stereocenters. The summed E-state index contributed by atoms with van der Waals surface area (Å²) in [7, 11) is 1.34. The molecule has 3 amide bonds. The molecule has 0 aromatic carbocycles. The van der Waals surface area contributed by atoms with E-state index in [2.05, 4.69) is 15.6 Å². The quantitative estimate of drug-likeness (QED) is 0.558. The van der Waals surface area contributed by atoms with Crippen LogP contribution in [0.5, 0.6) is 5.88 Å². The molecule has 0 aliphatic heterocycles. The summed E-state index contributed by atoms with van der Waals surface area (Å²) in [6.07, 6.45) is 1.75. The maximum atomic E-state index is 11.9. The molecule has 1 heterocycles. The Morgan fingerprint density at radius 1 is 1.38 bits per heavy atom. The Morgan fingerprint density at radius 3 is 2.54 bits per heavy atom. The Bertz CT molecular complexity index is 618. The number of carbonyl (C=O) groups excluding carboxylic acids is 2. The molecule has 0 aliphatic rings. The summed E-state index contributed by atoms with van der Waals surface area (Å²) in [6, 6.07) is 0.726. The fourth-order valence-corrected chi connectivity index (χ4v) is 2.09. The molecule has 0 bridgehead atoms. The summed E-state index contributed by atoms with van der Waals surface area (Å²) in [4.78, 5) is 38.2. The first-order chi connectivity index (χ1) is 11.2. The van der Waals surface area contributed by atoms with E-state index in [1.165, 1.54) is 19.4 Å². The van der Waals surface area contributed by atoms with Gasteiger partial charge in [-0.3, -0.25) is 9.59 Å². The smallest absolute Gasteiger partial charge is 0.319 e. The lowest BCUT2D eigenvalue weighted by Crippen LogP contribution is -2.36. The van der Waals surface area contributed by atoms with E-state index in [0.717, 1.165) is 0 Å². The van der Waals surface area contributed by atoms with Crippen LogP contribution >= 0.6 is 0 Å². The van der Waals surface area contributed by atoms with Gasteiger partial charge in [-0.2, -0.15) is 0 Å². The Kier molecular flexibility index (Phi) is 6.97. The average Bonchev–Trinajstić information content (AvgIpc) is 2.50. The van der Waals surface area contributed by atoms with Gasteiger partial charge in [0.2, 0.25) is 5.88 Å². The number of nitrogens with zero attached hydrogens (tertiary/aromatic N) is 1. The van der Waals surface area contributed by atoms with Crippen molar-refractivity contribution in [2.45, 2.75) is 20.3 Å². The lowest BCUT2D eigenvalue weighted by molar-refractivity contribution is -0.142. The van der Waals surface area contributed by atoms with E-state index in [1.54, 1.807) is 0 Å². The van der Waals surface area contributed by atoms with Crippen LogP contribution < -0.4 is 21.1 Å². The van der Waals surface area contributed by atoms with Crippen molar-refractivity contribution in [3.8, 4) is 5.88 Å². The van der Waals surface area contributed by atoms with Crippen molar-refractivity contribution in [3.05, 3.63) is 17.8 Å². The molecule has 0 saturated carbocycles. The number of amides is 3. The van der Waals surface area contributed by atoms with Crippen LogP contribution in [0.25, 0.3) is 0 Å². The fourth-order valence-electron chi connectivity index (χ4n) is 2.09. The maximum Gasteiger partial charge on any atom is 0.319 e. The number of nitrogens with two attached hydrogens (primary N) is 1. The number of nitrogens with one attached hydrogen (secondary N) is 2. The monoisotopic (exact) mass is 338 g/mol. The largest absolute Gasteiger partial charge is 0.481 e. The Morgan fingerprint density at radius 2 is 2.04 bits per heavy atom. The summed E-state index contributed by atoms with van der Waals surface area (Å²) in [6.45, 7) is 3.81. The normalized spacial score (nSPS) is 11.7. The third-order valence-electron chi connectivity index (χ3n) is 3.18. The first-order valence-electron chi connectivity index (χ1n) is 7.36. The van der Waals surface area contributed by atoms with Gasteiger partial charge < -0.3 is 26.2 Å². The molecule has 24 heavy (non-hydrogen) atoms. The zero-order valence-electron chi connectivity index (χ0n) is 13.8. The van der Waals surface area contributed by atoms with E-state index in [0.29, 0.717) is 6.42 Å². The zero-order chi connectivity index (χ0) is 18.3. The van der Waals surface area contributed by atoms with Crippen LogP contribution in [0.3, 0.4) is 0 Å². The summed E-state index contributed by atoms with van der Waals surface area (Å²) >= 11 is 0. The van der Waals surface area contributed by atoms with Crippen LogP contribution in [0.15, 0.2) is 12.3 Å². The predicted molar refractivity (Wildman–Crippen MR) is 86.9 cm³/mol. The zero-order valence-corrected chi connectivity index (χ0v) is 13.8. The number of methoxy groups -OCH3 is 1. The lowest BCUT2D eigenvalue weighted by atomic mass is 9.97. The lowest BCUT2D eigenvalue weighted by Gasteiger charge is -2.16. The van der Waals surface area contributed by atoms with E-state index in [9.17, 15) is 14.4 Å². The topological polar surface area (TPSA) is 144 Å². The number of ether oxygens (including phenoxy) is 1. The highest BCUT2D eigenvalue weighted by Crippen LogP contribution is 2.18. The molecule has 0 aliphatic carbocycles. The molecular formula is C15H22N4O5. The van der Waals surface area contributed by atoms with Gasteiger partial charge in [-0.05, 0) is 18.4 Å². The van der Waals surface area contributed by atoms with E-state index in [4.69, 9.17) is 15.6 Å². The Hall–Kier alpha value is -2.84. The molecular weight excluding hydrogens is 316 g/mol. The van der Waals surface area contributed by atoms with Gasteiger partial charge in [-0.1, -0.05) is 13.8 Å². The molecule has 1 rings (SSSR count). The third-order valence-corrected chi connectivity index (χ3v) is 3.18. The molecule has 0 saturated heterocycles. The molecule has 1 aromatic heterocycles. The van der Waals surface area contributed by atoms with Gasteiger partial charge in [-0.15, -0.1) is 0 Å². The number of hydrogen-bond acceptors (Lipinski definition) is 5. The minimum Gasteiger partial charge on any atom is -0.481 e. The molecule has 5 N–H and O–H groups in total. The summed E-state index contributed by atoms with van der Waals surface area (Å²) in [5.41, 5.74) is 5.48. The number of carboxylic acids is 1. The SMILES string of the molecule is COc1ncc(NC(=O)NCC(CC(C)C)C(=O)O)cc1C(N)=O. The summed E-state index contributed by atoms with van der Waals surface area (Å²) in [5, 5.41) is 14.1. The molecule has 0 fully saturated rings. The Labute approximate surface area is 139 Å². The minimum absolute atomic E-state index is 0.00833. The first kappa shape index (κ1) is 19.2. The van der Waals surface area contributed by atoms with Gasteiger partial charge in [0, 0.05) is 6.54 Å². The molecule has 0 spiro atoms. The second-order valence-electron chi connectivity index (χ2n) is 5.64. The van der Waals surface area contributed by atoms with Crippen molar-refractivity contribution in [2.75, 3.05) is 19.0 Å². The highest BCUT2D eigenvalue weighted by atomic mass is 16.5. The van der Waals surface area contributed by atoms with Crippen LogP contribution in [-0.4, -0.2) is 41.7 Å².